The minimum atomic E-state index is -0.395. The van der Waals surface area contributed by atoms with E-state index >= 15 is 0 Å². The van der Waals surface area contributed by atoms with Gasteiger partial charge in [0.2, 0.25) is 5.91 Å². The first-order chi connectivity index (χ1) is 17.7. The zero-order valence-electron chi connectivity index (χ0n) is 20.9. The first kappa shape index (κ1) is 24.3. The van der Waals surface area contributed by atoms with Crippen molar-refractivity contribution in [2.45, 2.75) is 57.0 Å². The number of amides is 1. The molecule has 1 aromatic heterocycles. The van der Waals surface area contributed by atoms with Crippen LogP contribution in [0.4, 0.5) is 0 Å². The molecule has 2 unspecified atom stereocenters. The van der Waals surface area contributed by atoms with E-state index in [4.69, 9.17) is 0 Å². The van der Waals surface area contributed by atoms with Gasteiger partial charge in [0.25, 0.3) is 0 Å². The number of hydrogen-bond donors (Lipinski definition) is 2. The molecule has 4 aromatic rings. The fourth-order valence-corrected chi connectivity index (χ4v) is 5.77. The van der Waals surface area contributed by atoms with Crippen LogP contribution in [-0.2, 0) is 11.3 Å². The largest absolute Gasteiger partial charge is 0.394 e. The van der Waals surface area contributed by atoms with Crippen LogP contribution in [-0.4, -0.2) is 22.2 Å². The van der Waals surface area contributed by atoms with E-state index in [2.05, 4.69) is 70.7 Å². The lowest BCUT2D eigenvalue weighted by Gasteiger charge is -2.28. The molecular weight excluding hydrogens is 444 g/mol. The van der Waals surface area contributed by atoms with Crippen molar-refractivity contribution in [3.05, 3.63) is 108 Å². The summed E-state index contributed by atoms with van der Waals surface area (Å²) in [7, 11) is 0. The van der Waals surface area contributed by atoms with Gasteiger partial charge in [0, 0.05) is 18.3 Å². The molecule has 3 aromatic carbocycles. The summed E-state index contributed by atoms with van der Waals surface area (Å²) in [5.74, 6) is 0.137. The summed E-state index contributed by atoms with van der Waals surface area (Å²) in [6, 6.07) is 28.6. The number of aromatic nitrogens is 1. The zero-order chi connectivity index (χ0) is 24.7. The van der Waals surface area contributed by atoms with E-state index in [9.17, 15) is 9.90 Å². The number of nitrogens with zero attached hydrogens (tertiary/aromatic N) is 1. The quantitative estimate of drug-likeness (QED) is 0.279. The van der Waals surface area contributed by atoms with Crippen molar-refractivity contribution in [2.24, 2.45) is 5.92 Å². The molecular formula is C32H36N2O2. The van der Waals surface area contributed by atoms with Gasteiger partial charge in [-0.2, -0.15) is 0 Å². The molecule has 0 saturated heterocycles. The smallest absolute Gasteiger partial charge is 0.228 e. The molecule has 0 radical (unpaired) electrons. The Hall–Kier alpha value is -3.37. The molecule has 0 aliphatic heterocycles. The van der Waals surface area contributed by atoms with Crippen molar-refractivity contribution in [1.82, 2.24) is 9.88 Å². The van der Waals surface area contributed by atoms with Gasteiger partial charge >= 0.3 is 0 Å². The monoisotopic (exact) mass is 480 g/mol. The van der Waals surface area contributed by atoms with Gasteiger partial charge in [0.05, 0.1) is 18.6 Å². The highest BCUT2D eigenvalue weighted by Crippen LogP contribution is 2.36. The van der Waals surface area contributed by atoms with E-state index in [1.165, 1.54) is 42.1 Å². The summed E-state index contributed by atoms with van der Waals surface area (Å²) in [5.41, 5.74) is 4.46. The van der Waals surface area contributed by atoms with Crippen LogP contribution in [0, 0.1) is 5.92 Å². The molecule has 186 valence electrons. The SMILES string of the molecule is O=C(NC(CO)c1ccccc1)C(c1ccc(Cn2ccc3ccccc32)cc1)C1CCCCCC1. The van der Waals surface area contributed by atoms with Crippen LogP contribution >= 0.6 is 0 Å². The lowest BCUT2D eigenvalue weighted by molar-refractivity contribution is -0.125. The molecule has 4 nitrogen and oxygen atoms in total. The van der Waals surface area contributed by atoms with E-state index in [0.29, 0.717) is 5.92 Å². The highest BCUT2D eigenvalue weighted by Gasteiger charge is 2.31. The maximum absolute atomic E-state index is 13.8. The molecule has 0 bridgehead atoms. The van der Waals surface area contributed by atoms with Gasteiger partial charge in [-0.3, -0.25) is 4.79 Å². The van der Waals surface area contributed by atoms with Gasteiger partial charge in [0.15, 0.2) is 0 Å². The van der Waals surface area contributed by atoms with Crippen molar-refractivity contribution in [3.63, 3.8) is 0 Å². The number of carbonyl (C=O) groups is 1. The number of benzene rings is 3. The minimum absolute atomic E-state index is 0.0222. The fraction of sp³-hybridized carbons (Fsp3) is 0.344. The minimum Gasteiger partial charge on any atom is -0.394 e. The van der Waals surface area contributed by atoms with E-state index in [1.54, 1.807) is 0 Å². The van der Waals surface area contributed by atoms with Gasteiger partial charge in [-0.1, -0.05) is 98.5 Å². The number of aliphatic hydroxyl groups excluding tert-OH is 1. The Kier molecular flexibility index (Phi) is 7.82. The summed E-state index contributed by atoms with van der Waals surface area (Å²) in [6.45, 7) is 0.686. The lowest BCUT2D eigenvalue weighted by Crippen LogP contribution is -2.37. The molecule has 2 atom stereocenters. The maximum atomic E-state index is 13.8. The Morgan fingerprint density at radius 1 is 0.833 bits per heavy atom. The Balaban J connectivity index is 1.38. The summed E-state index contributed by atoms with van der Waals surface area (Å²) in [4.78, 5) is 13.8. The topological polar surface area (TPSA) is 54.3 Å². The first-order valence-electron chi connectivity index (χ1n) is 13.3. The summed E-state index contributed by atoms with van der Waals surface area (Å²) in [6.07, 6.45) is 9.13. The number of hydrogen-bond acceptors (Lipinski definition) is 2. The Morgan fingerprint density at radius 2 is 1.53 bits per heavy atom. The van der Waals surface area contributed by atoms with Crippen molar-refractivity contribution in [2.75, 3.05) is 6.61 Å². The first-order valence-corrected chi connectivity index (χ1v) is 13.3. The molecule has 5 rings (SSSR count). The number of nitrogens with one attached hydrogen (secondary N) is 1. The van der Waals surface area contributed by atoms with E-state index < -0.39 is 6.04 Å². The van der Waals surface area contributed by atoms with Crippen LogP contribution in [0.1, 0.15) is 67.2 Å². The number of fused-ring (bicyclic) bond motifs is 1. The molecule has 4 heteroatoms. The predicted molar refractivity (Wildman–Crippen MR) is 146 cm³/mol. The Morgan fingerprint density at radius 3 is 2.25 bits per heavy atom. The van der Waals surface area contributed by atoms with Gasteiger partial charge in [0.1, 0.15) is 0 Å². The van der Waals surface area contributed by atoms with Crippen molar-refractivity contribution >= 4 is 16.8 Å². The van der Waals surface area contributed by atoms with E-state index in [-0.39, 0.29) is 18.4 Å². The molecule has 0 spiro atoms. The second-order valence-electron chi connectivity index (χ2n) is 10.1. The summed E-state index contributed by atoms with van der Waals surface area (Å²) >= 11 is 0. The lowest BCUT2D eigenvalue weighted by atomic mass is 9.80. The molecule has 36 heavy (non-hydrogen) atoms. The normalized spacial score (nSPS) is 16.4. The molecule has 1 saturated carbocycles. The number of rotatable bonds is 8. The second kappa shape index (κ2) is 11.6. The second-order valence-corrected chi connectivity index (χ2v) is 10.1. The summed E-state index contributed by atoms with van der Waals surface area (Å²) < 4.78 is 2.27. The van der Waals surface area contributed by atoms with Crippen molar-refractivity contribution in [3.8, 4) is 0 Å². The molecule has 1 heterocycles. The maximum Gasteiger partial charge on any atom is 0.228 e. The van der Waals surface area contributed by atoms with Gasteiger partial charge < -0.3 is 15.0 Å². The highest BCUT2D eigenvalue weighted by atomic mass is 16.3. The van der Waals surface area contributed by atoms with Crippen LogP contribution in [0.3, 0.4) is 0 Å². The fourth-order valence-electron chi connectivity index (χ4n) is 5.77. The van der Waals surface area contributed by atoms with Crippen LogP contribution in [0.5, 0.6) is 0 Å². The van der Waals surface area contributed by atoms with Gasteiger partial charge in [-0.15, -0.1) is 0 Å². The van der Waals surface area contributed by atoms with Crippen LogP contribution in [0.2, 0.25) is 0 Å². The zero-order valence-corrected chi connectivity index (χ0v) is 20.9. The van der Waals surface area contributed by atoms with Crippen LogP contribution in [0.15, 0.2) is 91.1 Å². The Bertz CT molecular complexity index is 1250. The third-order valence-corrected chi connectivity index (χ3v) is 7.73. The Labute approximate surface area is 214 Å². The highest BCUT2D eigenvalue weighted by molar-refractivity contribution is 5.84. The van der Waals surface area contributed by atoms with Crippen LogP contribution < -0.4 is 5.32 Å². The van der Waals surface area contributed by atoms with Crippen molar-refractivity contribution < 1.29 is 9.90 Å². The number of carbonyl (C=O) groups excluding carboxylic acids is 1. The average molecular weight is 481 g/mol. The molecule has 1 fully saturated rings. The van der Waals surface area contributed by atoms with Gasteiger partial charge in [-0.25, -0.2) is 0 Å². The predicted octanol–water partition coefficient (Wildman–Crippen LogP) is 6.59. The third-order valence-electron chi connectivity index (χ3n) is 7.73. The van der Waals surface area contributed by atoms with Crippen molar-refractivity contribution in [1.29, 1.82) is 0 Å². The van der Waals surface area contributed by atoms with Gasteiger partial charge in [-0.05, 0) is 53.0 Å². The van der Waals surface area contributed by atoms with E-state index in [1.807, 2.05) is 30.3 Å². The van der Waals surface area contributed by atoms with E-state index in [0.717, 1.165) is 30.5 Å². The molecule has 1 aliphatic rings. The summed E-state index contributed by atoms with van der Waals surface area (Å²) in [5, 5.41) is 14.5. The average Bonchev–Trinajstić information content (AvgIpc) is 3.13. The van der Waals surface area contributed by atoms with Crippen LogP contribution in [0.25, 0.3) is 10.9 Å². The number of aliphatic hydroxyl groups is 1. The third kappa shape index (κ3) is 5.55. The molecule has 1 aliphatic carbocycles. The molecule has 1 amide bonds. The standard InChI is InChI=1S/C32H36N2O2/c35-23-29(25-10-6-3-7-11-25)33-32(36)31(27-13-4-1-2-5-14-27)28-18-16-24(17-19-28)22-34-21-20-26-12-8-9-15-30(26)34/h3,6-12,15-21,27,29,31,35H,1-2,4-5,13-14,22-23H2,(H,33,36). The molecule has 2 N–H and O–H groups in total. The number of para-hydroxylation sites is 1.